The van der Waals surface area contributed by atoms with E-state index in [2.05, 4.69) is 5.32 Å². The monoisotopic (exact) mass is 342 g/mol. The van der Waals surface area contributed by atoms with Crippen molar-refractivity contribution in [3.05, 3.63) is 38.9 Å². The summed E-state index contributed by atoms with van der Waals surface area (Å²) in [6.45, 7) is 0.466. The van der Waals surface area contributed by atoms with Crippen LogP contribution in [0, 0.1) is 10.1 Å². The first-order valence-electron chi connectivity index (χ1n) is 7.35. The van der Waals surface area contributed by atoms with Gasteiger partial charge >= 0.3 is 5.97 Å². The molecule has 1 aromatic carbocycles. The van der Waals surface area contributed by atoms with Gasteiger partial charge in [-0.05, 0) is 25.0 Å². The largest absolute Gasteiger partial charge is 0.481 e. The number of amides is 1. The Balaban J connectivity index is 2.28. The van der Waals surface area contributed by atoms with Crippen molar-refractivity contribution < 1.29 is 19.6 Å². The Labute approximate surface area is 138 Å². The van der Waals surface area contributed by atoms with Gasteiger partial charge in [-0.15, -0.1) is 0 Å². The quantitative estimate of drug-likeness (QED) is 0.384. The van der Waals surface area contributed by atoms with Gasteiger partial charge in [0, 0.05) is 24.6 Å². The summed E-state index contributed by atoms with van der Waals surface area (Å²) in [5.74, 6) is -1.16. The third-order valence-electron chi connectivity index (χ3n) is 3.26. The molecule has 1 amide bonds. The Morgan fingerprint density at radius 2 is 1.83 bits per heavy atom. The fourth-order valence-electron chi connectivity index (χ4n) is 2.03. The average molecular weight is 343 g/mol. The number of hydrogen-bond donors (Lipinski definition) is 2. The zero-order valence-corrected chi connectivity index (χ0v) is 13.3. The van der Waals surface area contributed by atoms with E-state index >= 15 is 0 Å². The van der Waals surface area contributed by atoms with Crippen LogP contribution in [0.25, 0.3) is 0 Å². The Hall–Kier alpha value is -2.15. The third-order valence-corrected chi connectivity index (χ3v) is 3.58. The van der Waals surface area contributed by atoms with E-state index in [0.717, 1.165) is 31.7 Å². The summed E-state index contributed by atoms with van der Waals surface area (Å²) in [5.41, 5.74) is -0.0969. The van der Waals surface area contributed by atoms with Gasteiger partial charge < -0.3 is 10.4 Å². The van der Waals surface area contributed by atoms with Crippen LogP contribution in [0.15, 0.2) is 18.2 Å². The summed E-state index contributed by atoms with van der Waals surface area (Å²) in [6, 6.07) is 3.93. The molecule has 8 heteroatoms. The molecule has 0 saturated heterocycles. The van der Waals surface area contributed by atoms with E-state index in [-0.39, 0.29) is 28.6 Å². The molecule has 0 heterocycles. The van der Waals surface area contributed by atoms with Gasteiger partial charge in [-0.3, -0.25) is 19.7 Å². The van der Waals surface area contributed by atoms with Gasteiger partial charge in [-0.1, -0.05) is 30.9 Å². The SMILES string of the molecule is O=C(O)CCCCCCCNC(=O)c1ccc(Cl)c([N+](=O)[O-])c1. The molecule has 0 aromatic heterocycles. The molecule has 0 radical (unpaired) electrons. The average Bonchev–Trinajstić information content (AvgIpc) is 2.49. The van der Waals surface area contributed by atoms with Crippen molar-refractivity contribution in [2.75, 3.05) is 6.54 Å². The van der Waals surface area contributed by atoms with Crippen LogP contribution in [0.3, 0.4) is 0 Å². The van der Waals surface area contributed by atoms with Crippen LogP contribution in [0.5, 0.6) is 0 Å². The molecule has 0 bridgehead atoms. The summed E-state index contributed by atoms with van der Waals surface area (Å²) >= 11 is 5.69. The van der Waals surface area contributed by atoms with Crippen molar-refractivity contribution in [1.29, 1.82) is 0 Å². The van der Waals surface area contributed by atoms with Crippen LogP contribution < -0.4 is 5.32 Å². The second-order valence-corrected chi connectivity index (χ2v) is 5.50. The normalized spacial score (nSPS) is 10.3. The van der Waals surface area contributed by atoms with Crippen LogP contribution in [-0.4, -0.2) is 28.5 Å². The lowest BCUT2D eigenvalue weighted by Crippen LogP contribution is -2.24. The number of halogens is 1. The number of unbranched alkanes of at least 4 members (excludes halogenated alkanes) is 4. The standard InChI is InChI=1S/C15H19ClN2O5/c16-12-8-7-11(10-13(12)18(22)23)15(21)17-9-5-3-1-2-4-6-14(19)20/h7-8,10H,1-6,9H2,(H,17,21)(H,19,20). The molecule has 126 valence electrons. The highest BCUT2D eigenvalue weighted by Crippen LogP contribution is 2.24. The summed E-state index contributed by atoms with van der Waals surface area (Å²) in [6.07, 6.45) is 4.27. The number of nitro groups is 1. The minimum atomic E-state index is -0.783. The number of aliphatic carboxylic acids is 1. The number of carbonyl (C=O) groups is 2. The highest BCUT2D eigenvalue weighted by atomic mass is 35.5. The number of rotatable bonds is 10. The van der Waals surface area contributed by atoms with Gasteiger partial charge in [0.2, 0.25) is 0 Å². The summed E-state index contributed by atoms with van der Waals surface area (Å²) in [4.78, 5) is 32.4. The second-order valence-electron chi connectivity index (χ2n) is 5.09. The minimum Gasteiger partial charge on any atom is -0.481 e. The zero-order valence-electron chi connectivity index (χ0n) is 12.6. The van der Waals surface area contributed by atoms with E-state index < -0.39 is 10.9 Å². The van der Waals surface area contributed by atoms with E-state index in [1.165, 1.54) is 12.1 Å². The fraction of sp³-hybridized carbons (Fsp3) is 0.467. The van der Waals surface area contributed by atoms with E-state index in [0.29, 0.717) is 13.0 Å². The molecule has 0 spiro atoms. The zero-order chi connectivity index (χ0) is 17.2. The van der Waals surface area contributed by atoms with E-state index in [9.17, 15) is 19.7 Å². The van der Waals surface area contributed by atoms with Crippen molar-refractivity contribution in [2.45, 2.75) is 38.5 Å². The van der Waals surface area contributed by atoms with E-state index in [4.69, 9.17) is 16.7 Å². The Morgan fingerprint density at radius 1 is 1.17 bits per heavy atom. The number of carboxylic acid groups (broad SMARTS) is 1. The first-order valence-corrected chi connectivity index (χ1v) is 7.73. The van der Waals surface area contributed by atoms with Crippen molar-refractivity contribution in [3.8, 4) is 0 Å². The van der Waals surface area contributed by atoms with Crippen LogP contribution >= 0.6 is 11.6 Å². The predicted octanol–water partition coefficient (Wildman–Crippen LogP) is 3.40. The number of nitrogens with zero attached hydrogens (tertiary/aromatic N) is 1. The van der Waals surface area contributed by atoms with Gasteiger partial charge in [0.1, 0.15) is 5.02 Å². The van der Waals surface area contributed by atoms with Crippen molar-refractivity contribution in [3.63, 3.8) is 0 Å². The molecular formula is C15H19ClN2O5. The van der Waals surface area contributed by atoms with Crippen LogP contribution in [0.1, 0.15) is 48.9 Å². The van der Waals surface area contributed by atoms with Crippen LogP contribution in [0.2, 0.25) is 5.02 Å². The molecule has 0 aliphatic rings. The molecule has 1 rings (SSSR count). The third kappa shape index (κ3) is 7.10. The number of carboxylic acids is 1. The Morgan fingerprint density at radius 3 is 2.48 bits per heavy atom. The summed E-state index contributed by atoms with van der Waals surface area (Å²) in [7, 11) is 0. The van der Waals surface area contributed by atoms with Crippen molar-refractivity contribution >= 4 is 29.2 Å². The van der Waals surface area contributed by atoms with Crippen LogP contribution in [0.4, 0.5) is 5.69 Å². The molecule has 23 heavy (non-hydrogen) atoms. The topological polar surface area (TPSA) is 110 Å². The highest BCUT2D eigenvalue weighted by Gasteiger charge is 2.15. The Bertz CT molecular complexity index is 577. The maximum absolute atomic E-state index is 11.9. The Kier molecular flexibility index (Phi) is 8.04. The van der Waals surface area contributed by atoms with Gasteiger partial charge in [-0.25, -0.2) is 0 Å². The number of carbonyl (C=O) groups excluding carboxylic acids is 1. The molecule has 1 aromatic rings. The molecule has 0 aliphatic carbocycles. The number of nitro benzene ring substituents is 1. The smallest absolute Gasteiger partial charge is 0.303 e. The molecule has 0 atom stereocenters. The first-order chi connectivity index (χ1) is 10.9. The highest BCUT2D eigenvalue weighted by molar-refractivity contribution is 6.32. The lowest BCUT2D eigenvalue weighted by Gasteiger charge is -2.06. The maximum Gasteiger partial charge on any atom is 0.303 e. The number of nitrogens with one attached hydrogen (secondary N) is 1. The molecule has 0 fully saturated rings. The molecule has 0 unspecified atom stereocenters. The number of hydrogen-bond acceptors (Lipinski definition) is 4. The van der Waals surface area contributed by atoms with Crippen LogP contribution in [-0.2, 0) is 4.79 Å². The molecule has 2 N–H and O–H groups in total. The van der Waals surface area contributed by atoms with E-state index in [1.807, 2.05) is 0 Å². The molecule has 7 nitrogen and oxygen atoms in total. The predicted molar refractivity (Wildman–Crippen MR) is 85.8 cm³/mol. The second kappa shape index (κ2) is 9.78. The maximum atomic E-state index is 11.9. The molecule has 0 aliphatic heterocycles. The van der Waals surface area contributed by atoms with Gasteiger partial charge in [0.15, 0.2) is 0 Å². The summed E-state index contributed by atoms with van der Waals surface area (Å²) in [5, 5.41) is 22.0. The fourth-order valence-corrected chi connectivity index (χ4v) is 2.22. The van der Waals surface area contributed by atoms with E-state index in [1.54, 1.807) is 0 Å². The first kappa shape index (κ1) is 18.9. The summed E-state index contributed by atoms with van der Waals surface area (Å²) < 4.78 is 0. The van der Waals surface area contributed by atoms with Gasteiger partial charge in [-0.2, -0.15) is 0 Å². The molecular weight excluding hydrogens is 324 g/mol. The minimum absolute atomic E-state index is 0.00656. The van der Waals surface area contributed by atoms with Crippen molar-refractivity contribution in [2.24, 2.45) is 0 Å². The van der Waals surface area contributed by atoms with Gasteiger partial charge in [0.25, 0.3) is 11.6 Å². The number of benzene rings is 1. The van der Waals surface area contributed by atoms with Crippen molar-refractivity contribution in [1.82, 2.24) is 5.32 Å². The lowest BCUT2D eigenvalue weighted by atomic mass is 10.1. The lowest BCUT2D eigenvalue weighted by molar-refractivity contribution is -0.384. The molecule has 0 saturated carbocycles. The van der Waals surface area contributed by atoms with Gasteiger partial charge in [0.05, 0.1) is 4.92 Å².